The van der Waals surface area contributed by atoms with Gasteiger partial charge in [-0.1, -0.05) is 228 Å². The molecule has 12 rings (SSSR count). The summed E-state index contributed by atoms with van der Waals surface area (Å²) in [6.07, 6.45) is 1.16. The summed E-state index contributed by atoms with van der Waals surface area (Å²) in [4.78, 5) is 26.1. The number of benzene rings is 12. The highest BCUT2D eigenvalue weighted by atomic mass is 32.2. The minimum atomic E-state index is -0.108. The average Bonchev–Trinajstić information content (AvgIpc) is 0.817. The molecule has 12 aromatic rings. The van der Waals surface area contributed by atoms with E-state index >= 15 is 0 Å². The highest BCUT2D eigenvalue weighted by Gasteiger charge is 2.33. The van der Waals surface area contributed by atoms with E-state index in [-0.39, 0.29) is 43.6 Å². The van der Waals surface area contributed by atoms with Gasteiger partial charge in [0.15, 0.2) is 58.7 Å². The molecule has 0 aliphatic rings. The van der Waals surface area contributed by atoms with Crippen molar-refractivity contribution in [3.05, 3.63) is 362 Å². The topological polar surface area (TPSA) is 49.9 Å². The predicted octanol–water partition coefficient (Wildman–Crippen LogP) is 21.4. The summed E-state index contributed by atoms with van der Waals surface area (Å²) in [5.41, 5.74) is 5.46. The van der Waals surface area contributed by atoms with Crippen LogP contribution in [0.1, 0.15) is 56.4 Å². The molecule has 8 nitrogen and oxygen atoms in total. The Labute approximate surface area is 665 Å². The van der Waals surface area contributed by atoms with Gasteiger partial charge in [-0.05, 0) is 189 Å². The van der Waals surface area contributed by atoms with Crippen molar-refractivity contribution in [3.63, 3.8) is 0 Å². The number of ether oxygens (including phenoxy) is 4. The summed E-state index contributed by atoms with van der Waals surface area (Å²) in [6, 6.07) is 123. The Bertz CT molecular complexity index is 4180. The normalized spacial score (nSPS) is 11.3. The smallest absolute Gasteiger partial charge is 0.171 e. The molecular formula is C97H114N4O4S4+4. The maximum Gasteiger partial charge on any atom is 0.171 e. The first kappa shape index (κ1) is 84.7. The van der Waals surface area contributed by atoms with Gasteiger partial charge in [0.1, 0.15) is 0 Å². The molecule has 0 aliphatic heterocycles. The van der Waals surface area contributed by atoms with Crippen molar-refractivity contribution in [2.45, 2.75) is 119 Å². The van der Waals surface area contributed by atoms with Gasteiger partial charge in [0.05, 0.1) is 70.0 Å². The Hall–Kier alpha value is -8.28. The quantitative estimate of drug-likeness (QED) is 0.0357. The second-order valence-corrected chi connectivity index (χ2v) is 34.2. The summed E-state index contributed by atoms with van der Waals surface area (Å²) in [5, 5.41) is 0. The molecule has 0 bridgehead atoms. The highest BCUT2D eigenvalue weighted by molar-refractivity contribution is 7.98. The molecule has 0 N–H and O–H groups in total. The van der Waals surface area contributed by atoms with Crippen molar-refractivity contribution in [2.24, 2.45) is 0 Å². The first-order valence-corrected chi connectivity index (χ1v) is 43.3. The maximum atomic E-state index is 5.29. The van der Waals surface area contributed by atoms with Crippen LogP contribution in [-0.4, -0.2) is 127 Å². The van der Waals surface area contributed by atoms with Gasteiger partial charge in [-0.3, -0.25) is 19.6 Å². The molecule has 0 aromatic heterocycles. The Morgan fingerprint density at radius 1 is 0.220 bits per heavy atom. The molecule has 0 saturated carbocycles. The van der Waals surface area contributed by atoms with Gasteiger partial charge in [-0.25, -0.2) is 0 Å². The Kier molecular flexibility index (Phi) is 38.2. The fraction of sp³-hybridized carbons (Fsp3) is 0.258. The Morgan fingerprint density at radius 3 is 0.798 bits per heavy atom. The van der Waals surface area contributed by atoms with Crippen LogP contribution in [0.5, 0.6) is 0 Å². The molecule has 0 atom stereocenters. The zero-order valence-corrected chi connectivity index (χ0v) is 68.7. The fourth-order valence-corrected chi connectivity index (χ4v) is 21.2. The molecule has 0 amide bonds. The van der Waals surface area contributed by atoms with E-state index in [4.69, 9.17) is 18.9 Å². The maximum absolute atomic E-state index is 5.29. The molecule has 0 spiro atoms. The molecule has 0 radical (unpaired) electrons. The van der Waals surface area contributed by atoms with Crippen molar-refractivity contribution >= 4 is 43.6 Å². The van der Waals surface area contributed by atoms with E-state index in [1.165, 1.54) is 81.0 Å². The van der Waals surface area contributed by atoms with Crippen LogP contribution in [-0.2, 0) is 88.7 Å². The van der Waals surface area contributed by atoms with Crippen molar-refractivity contribution in [1.29, 1.82) is 0 Å². The monoisotopic (exact) mass is 1530 g/mol. The van der Waals surface area contributed by atoms with Gasteiger partial charge < -0.3 is 18.9 Å². The first-order valence-electron chi connectivity index (χ1n) is 38.4. The van der Waals surface area contributed by atoms with E-state index in [1.807, 2.05) is 0 Å². The molecule has 566 valence electrons. The van der Waals surface area contributed by atoms with Crippen LogP contribution in [0, 0.1) is 0 Å². The third-order valence-electron chi connectivity index (χ3n) is 18.4. The van der Waals surface area contributed by atoms with E-state index in [2.05, 4.69) is 387 Å². The van der Waals surface area contributed by atoms with Crippen molar-refractivity contribution in [3.8, 4) is 0 Å². The number of hydrogen-bond donors (Lipinski definition) is 0. The fourth-order valence-electron chi connectivity index (χ4n) is 12.7. The minimum absolute atomic E-state index is 0.0758. The average molecular weight is 1530 g/mol. The summed E-state index contributed by atoms with van der Waals surface area (Å²) in [7, 11) is 6.71. The van der Waals surface area contributed by atoms with Crippen LogP contribution >= 0.6 is 0 Å². The zero-order valence-electron chi connectivity index (χ0n) is 65.4. The largest absolute Gasteiger partial charge is 0.383 e. The molecule has 0 unspecified atom stereocenters. The second kappa shape index (κ2) is 49.1. The van der Waals surface area contributed by atoms with Crippen LogP contribution in [0.15, 0.2) is 398 Å². The van der Waals surface area contributed by atoms with E-state index in [1.54, 1.807) is 28.4 Å². The lowest BCUT2D eigenvalue weighted by Crippen LogP contribution is -2.27. The third-order valence-corrected chi connectivity index (χ3v) is 27.4. The first-order chi connectivity index (χ1) is 53.8. The third kappa shape index (κ3) is 27.6. The van der Waals surface area contributed by atoms with Gasteiger partial charge in [0, 0.05) is 86.4 Å². The molecule has 0 fully saturated rings. The van der Waals surface area contributed by atoms with Crippen molar-refractivity contribution in [2.75, 3.05) is 107 Å². The van der Waals surface area contributed by atoms with Gasteiger partial charge in [0.2, 0.25) is 0 Å². The van der Waals surface area contributed by atoms with E-state index in [0.29, 0.717) is 0 Å². The summed E-state index contributed by atoms with van der Waals surface area (Å²) < 4.78 is 21.0. The lowest BCUT2D eigenvalue weighted by molar-refractivity contribution is 0.144. The number of rotatable bonds is 37. The minimum Gasteiger partial charge on any atom is -0.383 e. The zero-order chi connectivity index (χ0) is 76.3. The molecule has 12 heteroatoms. The second-order valence-electron chi connectivity index (χ2n) is 26.1. The summed E-state index contributed by atoms with van der Waals surface area (Å²) in [6.45, 7) is 23.8. The Morgan fingerprint density at radius 2 is 0.477 bits per heavy atom. The summed E-state index contributed by atoms with van der Waals surface area (Å²) >= 11 is 0. The van der Waals surface area contributed by atoms with Crippen LogP contribution in [0.3, 0.4) is 0 Å². The van der Waals surface area contributed by atoms with Gasteiger partial charge in [-0.15, -0.1) is 0 Å². The lowest BCUT2D eigenvalue weighted by Gasteiger charge is -2.21. The molecule has 12 aromatic carbocycles. The lowest BCUT2D eigenvalue weighted by atomic mass is 10.2. The highest BCUT2D eigenvalue weighted by Crippen LogP contribution is 2.37. The van der Waals surface area contributed by atoms with Crippen LogP contribution in [0.4, 0.5) is 0 Å². The van der Waals surface area contributed by atoms with Crippen molar-refractivity contribution in [1.82, 2.24) is 19.6 Å². The van der Waals surface area contributed by atoms with Crippen LogP contribution < -0.4 is 0 Å². The molecule has 0 heterocycles. The van der Waals surface area contributed by atoms with Gasteiger partial charge in [-0.2, -0.15) is 0 Å². The van der Waals surface area contributed by atoms with Crippen molar-refractivity contribution < 1.29 is 18.9 Å². The van der Waals surface area contributed by atoms with E-state index < -0.39 is 0 Å². The number of methoxy groups -OCH3 is 4. The molecule has 0 aliphatic carbocycles. The standard InChI is InChI=1S/C25H30NOS.3C24H28NOS/c1-3-18-26(19-20-27-2)21-22-14-16-25(17-15-22)28(23-10-6-4-7-11-23)24-12-8-5-9-13-24;1-3-25(18-19-26-2)20-21-12-10-11-17-24(21)27(22-13-6-4-7-14-22)23-15-8-5-9-16-23;1-3-25(17-18-26-2)20-21-11-10-16-24(19-21)27(22-12-6-4-7-13-22)23-14-8-5-9-15-23;1-3-25(18-19-26-2)20-21-14-16-24(17-15-21)27(22-10-6-4-7-11-22)23-12-8-5-9-13-23/h4-17H,3,18-21H2,1-2H3;4-17H,3,18-20H2,1-2H3;4-16,19H,3,17-18,20H2,1-2H3;4-17H,3,18-20H2,1-2H3/q4*+1. The van der Waals surface area contributed by atoms with E-state index in [0.717, 1.165) is 111 Å². The molecule has 0 saturated heterocycles. The van der Waals surface area contributed by atoms with Gasteiger partial charge >= 0.3 is 0 Å². The van der Waals surface area contributed by atoms with Gasteiger partial charge in [0.25, 0.3) is 0 Å². The van der Waals surface area contributed by atoms with Crippen LogP contribution in [0.25, 0.3) is 0 Å². The SMILES string of the molecule is CCCN(CCOC)Cc1ccc([S+](c2ccccc2)c2ccccc2)cc1.CCN(CCOC)Cc1ccc([S+](c2ccccc2)c2ccccc2)cc1.CCN(CCOC)Cc1cccc([S+](c2ccccc2)c2ccccc2)c1.CCN(CCOC)Cc1ccccc1[S+](c1ccccc1)c1ccccc1. The predicted molar refractivity (Wildman–Crippen MR) is 462 cm³/mol. The summed E-state index contributed by atoms with van der Waals surface area (Å²) in [5.74, 6) is 0. The van der Waals surface area contributed by atoms with E-state index in [9.17, 15) is 0 Å². The van der Waals surface area contributed by atoms with Crippen LogP contribution in [0.2, 0.25) is 0 Å². The number of likely N-dealkylation sites (N-methyl/N-ethyl adjacent to an activating group) is 3. The number of nitrogens with zero attached hydrogens (tertiary/aromatic N) is 4. The molecular weight excluding hydrogens is 1410 g/mol. The number of hydrogen-bond acceptors (Lipinski definition) is 8. The Balaban J connectivity index is 0.000000167. The molecule has 109 heavy (non-hydrogen) atoms.